The van der Waals surface area contributed by atoms with Gasteiger partial charge in [-0.15, -0.1) is 10.2 Å². The van der Waals surface area contributed by atoms with Crippen molar-refractivity contribution in [1.82, 2.24) is 14.6 Å². The molecule has 1 saturated carbocycles. The number of carbonyl (C=O) groups is 1. The maximum Gasteiger partial charge on any atom is 0.254 e. The molecule has 3 heterocycles. The normalized spacial score (nSPS) is 18.7. The average molecular weight is 312 g/mol. The van der Waals surface area contributed by atoms with Gasteiger partial charge in [0.05, 0.1) is 17.9 Å². The zero-order valence-corrected chi connectivity index (χ0v) is 13.2. The van der Waals surface area contributed by atoms with Crippen LogP contribution >= 0.6 is 0 Å². The van der Waals surface area contributed by atoms with E-state index in [9.17, 15) is 4.79 Å². The highest BCUT2D eigenvalue weighted by molar-refractivity contribution is 6.04. The third kappa shape index (κ3) is 2.58. The van der Waals surface area contributed by atoms with Crippen molar-refractivity contribution in [3.05, 3.63) is 35.5 Å². The Hall–Kier alpha value is -2.37. The van der Waals surface area contributed by atoms with Gasteiger partial charge in [-0.2, -0.15) is 0 Å². The maximum absolute atomic E-state index is 12.4. The van der Waals surface area contributed by atoms with Crippen LogP contribution in [0, 0.1) is 0 Å². The summed E-state index contributed by atoms with van der Waals surface area (Å²) in [4.78, 5) is 12.4. The zero-order chi connectivity index (χ0) is 15.8. The first-order valence-electron chi connectivity index (χ1n) is 8.21. The van der Waals surface area contributed by atoms with Gasteiger partial charge < -0.3 is 10.1 Å². The molecule has 0 radical (unpaired) electrons. The van der Waals surface area contributed by atoms with Gasteiger partial charge in [-0.25, -0.2) is 0 Å². The molecule has 2 aromatic rings. The van der Waals surface area contributed by atoms with E-state index < -0.39 is 0 Å². The van der Waals surface area contributed by atoms with Crippen molar-refractivity contribution < 1.29 is 9.53 Å². The van der Waals surface area contributed by atoms with Gasteiger partial charge >= 0.3 is 0 Å². The first-order valence-corrected chi connectivity index (χ1v) is 8.21. The first kappa shape index (κ1) is 14.2. The van der Waals surface area contributed by atoms with Gasteiger partial charge in [-0.3, -0.25) is 9.20 Å². The summed E-state index contributed by atoms with van der Waals surface area (Å²) in [5.74, 6) is 2.14. The van der Waals surface area contributed by atoms with Gasteiger partial charge in [0.1, 0.15) is 11.6 Å². The molecule has 0 aromatic carbocycles. The van der Waals surface area contributed by atoms with Crippen LogP contribution in [0.25, 0.3) is 5.65 Å². The van der Waals surface area contributed by atoms with E-state index in [-0.39, 0.29) is 5.91 Å². The summed E-state index contributed by atoms with van der Waals surface area (Å²) in [5, 5.41) is 11.5. The van der Waals surface area contributed by atoms with E-state index in [1.807, 2.05) is 29.7 Å². The molecule has 0 atom stereocenters. The molecule has 1 aliphatic carbocycles. The molecule has 4 rings (SSSR count). The Labute approximate surface area is 134 Å². The van der Waals surface area contributed by atoms with E-state index in [0.717, 1.165) is 41.3 Å². The van der Waals surface area contributed by atoms with Gasteiger partial charge in [-0.1, -0.05) is 6.42 Å². The molecular formula is C17H20N4O2. The summed E-state index contributed by atoms with van der Waals surface area (Å²) in [6.07, 6.45) is 7.15. The lowest BCUT2D eigenvalue weighted by Crippen LogP contribution is -2.20. The van der Waals surface area contributed by atoms with Gasteiger partial charge in [0.15, 0.2) is 5.65 Å². The minimum absolute atomic E-state index is 0.0835. The summed E-state index contributed by atoms with van der Waals surface area (Å²) in [6, 6.07) is 3.76. The monoisotopic (exact) mass is 312 g/mol. The van der Waals surface area contributed by atoms with Crippen LogP contribution in [0.2, 0.25) is 0 Å². The lowest BCUT2D eigenvalue weighted by molar-refractivity contribution is -0.113. The minimum Gasteiger partial charge on any atom is -0.498 e. The summed E-state index contributed by atoms with van der Waals surface area (Å²) in [6.45, 7) is 2.55. The number of rotatable bonds is 3. The highest BCUT2D eigenvalue weighted by atomic mass is 16.5. The molecule has 0 spiro atoms. The summed E-state index contributed by atoms with van der Waals surface area (Å²) < 4.78 is 7.47. The summed E-state index contributed by atoms with van der Waals surface area (Å²) >= 11 is 0. The molecule has 1 fully saturated rings. The van der Waals surface area contributed by atoms with E-state index in [2.05, 4.69) is 15.5 Å². The molecule has 6 heteroatoms. The molecule has 6 nitrogen and oxygen atoms in total. The molecule has 1 aliphatic heterocycles. The number of nitrogens with zero attached hydrogens (tertiary/aromatic N) is 3. The molecule has 120 valence electrons. The second-order valence-electron chi connectivity index (χ2n) is 6.27. The number of aromatic nitrogens is 3. The number of allylic oxidation sites excluding steroid dienone is 1. The molecule has 2 aliphatic rings. The Kier molecular flexibility index (Phi) is 3.52. The highest BCUT2D eigenvalue weighted by Crippen LogP contribution is 2.35. The highest BCUT2D eigenvalue weighted by Gasteiger charge is 2.25. The van der Waals surface area contributed by atoms with Crippen LogP contribution in [0.1, 0.15) is 50.8 Å². The van der Waals surface area contributed by atoms with Crippen molar-refractivity contribution in [2.75, 3.05) is 11.9 Å². The van der Waals surface area contributed by atoms with Crippen molar-refractivity contribution in [3.63, 3.8) is 0 Å². The molecular weight excluding hydrogens is 292 g/mol. The predicted octanol–water partition coefficient (Wildman–Crippen LogP) is 3.02. The molecule has 0 saturated heterocycles. The van der Waals surface area contributed by atoms with Crippen molar-refractivity contribution in [2.45, 2.75) is 44.9 Å². The molecule has 1 amide bonds. The second kappa shape index (κ2) is 5.68. The average Bonchev–Trinajstić information content (AvgIpc) is 2.89. The smallest absolute Gasteiger partial charge is 0.254 e. The van der Waals surface area contributed by atoms with E-state index in [1.165, 1.54) is 19.3 Å². The van der Waals surface area contributed by atoms with E-state index in [4.69, 9.17) is 4.74 Å². The van der Waals surface area contributed by atoms with Crippen LogP contribution in [0.5, 0.6) is 0 Å². The number of fused-ring (bicyclic) bond motifs is 1. The number of ether oxygens (including phenoxy) is 1. The number of pyridine rings is 1. The SMILES string of the molecule is CC1=C(C(=O)Nc2ccc3nnc(C4CCC4)n3c2)CCCO1. The van der Waals surface area contributed by atoms with Crippen LogP contribution in [-0.2, 0) is 9.53 Å². The molecule has 0 unspecified atom stereocenters. The predicted molar refractivity (Wildman–Crippen MR) is 86.1 cm³/mol. The van der Waals surface area contributed by atoms with Crippen molar-refractivity contribution in [1.29, 1.82) is 0 Å². The largest absolute Gasteiger partial charge is 0.498 e. The quantitative estimate of drug-likeness (QED) is 0.946. The summed E-state index contributed by atoms with van der Waals surface area (Å²) in [5.41, 5.74) is 2.31. The van der Waals surface area contributed by atoms with Crippen LogP contribution < -0.4 is 5.32 Å². The van der Waals surface area contributed by atoms with Gasteiger partial charge in [0, 0.05) is 12.1 Å². The molecule has 0 bridgehead atoms. The Morgan fingerprint density at radius 2 is 2.17 bits per heavy atom. The Bertz CT molecular complexity index is 789. The minimum atomic E-state index is -0.0835. The Balaban J connectivity index is 1.60. The molecule has 1 N–H and O–H groups in total. The first-order chi connectivity index (χ1) is 11.2. The van der Waals surface area contributed by atoms with Crippen molar-refractivity contribution >= 4 is 17.2 Å². The van der Waals surface area contributed by atoms with Crippen LogP contribution in [-0.4, -0.2) is 27.1 Å². The van der Waals surface area contributed by atoms with E-state index >= 15 is 0 Å². The fourth-order valence-corrected chi connectivity index (χ4v) is 3.14. The van der Waals surface area contributed by atoms with Gasteiger partial charge in [0.2, 0.25) is 0 Å². The van der Waals surface area contributed by atoms with Crippen molar-refractivity contribution in [2.24, 2.45) is 0 Å². The Morgan fingerprint density at radius 1 is 1.30 bits per heavy atom. The standard InChI is InChI=1S/C17H20N4O2/c1-11-14(6-3-9-23-11)17(22)18-13-7-8-15-19-20-16(21(15)10-13)12-4-2-5-12/h7-8,10,12H,2-6,9H2,1H3,(H,18,22). The second-order valence-corrected chi connectivity index (χ2v) is 6.27. The number of carbonyl (C=O) groups excluding carboxylic acids is 1. The van der Waals surface area contributed by atoms with Gasteiger partial charge in [-0.05, 0) is 44.7 Å². The molecule has 23 heavy (non-hydrogen) atoms. The maximum atomic E-state index is 12.4. The number of amides is 1. The topological polar surface area (TPSA) is 68.5 Å². The van der Waals surface area contributed by atoms with E-state index in [1.54, 1.807) is 0 Å². The summed E-state index contributed by atoms with van der Waals surface area (Å²) in [7, 11) is 0. The zero-order valence-electron chi connectivity index (χ0n) is 13.2. The van der Waals surface area contributed by atoms with Crippen LogP contribution in [0.3, 0.4) is 0 Å². The number of nitrogens with one attached hydrogen (secondary N) is 1. The number of hydrogen-bond acceptors (Lipinski definition) is 4. The van der Waals surface area contributed by atoms with E-state index in [0.29, 0.717) is 12.5 Å². The molecule has 2 aromatic heterocycles. The van der Waals surface area contributed by atoms with Crippen LogP contribution in [0.4, 0.5) is 5.69 Å². The third-order valence-electron chi connectivity index (χ3n) is 4.75. The number of anilines is 1. The Morgan fingerprint density at radius 3 is 2.91 bits per heavy atom. The fourth-order valence-electron chi connectivity index (χ4n) is 3.14. The van der Waals surface area contributed by atoms with Crippen LogP contribution in [0.15, 0.2) is 29.7 Å². The van der Waals surface area contributed by atoms with Gasteiger partial charge in [0.25, 0.3) is 5.91 Å². The van der Waals surface area contributed by atoms with Crippen molar-refractivity contribution in [3.8, 4) is 0 Å². The fraction of sp³-hybridized carbons (Fsp3) is 0.471. The number of hydrogen-bond donors (Lipinski definition) is 1. The lowest BCUT2D eigenvalue weighted by Gasteiger charge is -2.23. The lowest BCUT2D eigenvalue weighted by atomic mass is 9.85. The third-order valence-corrected chi connectivity index (χ3v) is 4.75.